The standard InChI is InChI=1S/C52H75N3O8/c1-30(2)40-36(56)29-52(54-45(61)48(7,8)53-42(57)31-12-14-32(15-13-31)55-24-26-62-27-25-55)23-22-50(10)33(41(40)52)16-17-38-49(9)20-19-39(47(5,6)37(49)18-21-51(38,50)11)63-44(60)35-28-34(43(58)59)46(35,3)4/h12-15,30,33-35,37-39H,16-29H2,1-11H3,(H,53,57)(H,54,61)(H,58,59)/t33-,34+,35?,37+,38-,39+,49+,50-,51-,52-/m1/s1. The summed E-state index contributed by atoms with van der Waals surface area (Å²) in [5.74, 6) is -1.57. The number of carboxylic acids is 1. The molecule has 5 saturated carbocycles. The molecule has 10 atom stereocenters. The van der Waals surface area contributed by atoms with Crippen molar-refractivity contribution in [1.82, 2.24) is 10.6 Å². The topological polar surface area (TPSA) is 151 Å². The second-order valence-electron chi connectivity index (χ2n) is 23.7. The second-order valence-corrected chi connectivity index (χ2v) is 23.7. The number of nitrogens with one attached hydrogen (secondary N) is 2. The Bertz CT molecular complexity index is 2080. The minimum Gasteiger partial charge on any atom is -0.481 e. The Hall–Kier alpha value is -3.73. The third-order valence-corrected chi connectivity index (χ3v) is 19.3. The zero-order valence-corrected chi connectivity index (χ0v) is 40.0. The van der Waals surface area contributed by atoms with Crippen LogP contribution < -0.4 is 15.5 Å². The van der Waals surface area contributed by atoms with Crippen molar-refractivity contribution in [2.75, 3.05) is 31.2 Å². The molecule has 8 rings (SSSR count). The number of fused-ring (bicyclic) bond motifs is 7. The number of aliphatic carboxylic acids is 1. The van der Waals surface area contributed by atoms with E-state index in [0.29, 0.717) is 43.5 Å². The average molecular weight is 870 g/mol. The Labute approximate surface area is 375 Å². The zero-order chi connectivity index (χ0) is 45.9. The van der Waals surface area contributed by atoms with Crippen LogP contribution in [0, 0.1) is 62.6 Å². The summed E-state index contributed by atoms with van der Waals surface area (Å²) in [5.41, 5.74) is 0.522. The van der Waals surface area contributed by atoms with Gasteiger partial charge in [0.1, 0.15) is 11.6 Å². The summed E-state index contributed by atoms with van der Waals surface area (Å²) in [7, 11) is 0. The Kier molecular flexibility index (Phi) is 11.2. The van der Waals surface area contributed by atoms with Crippen LogP contribution in [0.3, 0.4) is 0 Å². The molecule has 1 heterocycles. The quantitative estimate of drug-likeness (QED) is 0.208. The van der Waals surface area contributed by atoms with E-state index in [-0.39, 0.29) is 69.6 Å². The van der Waals surface area contributed by atoms with Gasteiger partial charge in [0.25, 0.3) is 5.91 Å². The molecule has 6 aliphatic carbocycles. The van der Waals surface area contributed by atoms with Gasteiger partial charge < -0.3 is 30.1 Å². The van der Waals surface area contributed by atoms with Crippen molar-refractivity contribution in [2.45, 2.75) is 158 Å². The van der Waals surface area contributed by atoms with Gasteiger partial charge in [0.2, 0.25) is 5.91 Å². The monoisotopic (exact) mass is 870 g/mol. The maximum atomic E-state index is 14.6. The molecule has 11 heteroatoms. The number of rotatable bonds is 9. The first-order valence-corrected chi connectivity index (χ1v) is 24.1. The molecule has 1 unspecified atom stereocenters. The maximum Gasteiger partial charge on any atom is 0.309 e. The number of nitrogens with zero attached hydrogens (tertiary/aromatic N) is 1. The summed E-state index contributed by atoms with van der Waals surface area (Å²) in [5, 5.41) is 16.2. The number of benzene rings is 1. The largest absolute Gasteiger partial charge is 0.481 e. The van der Waals surface area contributed by atoms with Gasteiger partial charge in [-0.2, -0.15) is 0 Å². The predicted octanol–water partition coefficient (Wildman–Crippen LogP) is 8.54. The van der Waals surface area contributed by atoms with Crippen LogP contribution in [-0.4, -0.2) is 78.1 Å². The van der Waals surface area contributed by atoms with E-state index in [1.807, 2.05) is 38.1 Å². The molecule has 1 saturated heterocycles. The van der Waals surface area contributed by atoms with Gasteiger partial charge >= 0.3 is 11.9 Å². The van der Waals surface area contributed by atoms with Crippen LogP contribution in [0.4, 0.5) is 5.69 Å². The summed E-state index contributed by atoms with van der Waals surface area (Å²) in [6.07, 6.45) is 7.68. The lowest BCUT2D eigenvalue weighted by atomic mass is 9.33. The van der Waals surface area contributed by atoms with Gasteiger partial charge in [-0.15, -0.1) is 0 Å². The maximum absolute atomic E-state index is 14.6. The van der Waals surface area contributed by atoms with Crippen molar-refractivity contribution in [2.24, 2.45) is 62.6 Å². The van der Waals surface area contributed by atoms with E-state index in [1.165, 1.54) is 0 Å². The van der Waals surface area contributed by atoms with Gasteiger partial charge in [0, 0.05) is 36.2 Å². The number of amides is 2. The van der Waals surface area contributed by atoms with Crippen molar-refractivity contribution in [3.8, 4) is 0 Å². The van der Waals surface area contributed by atoms with Crippen LogP contribution in [0.5, 0.6) is 0 Å². The first-order chi connectivity index (χ1) is 29.3. The lowest BCUT2D eigenvalue weighted by Gasteiger charge is -2.72. The molecule has 7 aliphatic rings. The van der Waals surface area contributed by atoms with Crippen molar-refractivity contribution in [3.05, 3.63) is 41.0 Å². The minimum absolute atomic E-state index is 0.0138. The fourth-order valence-corrected chi connectivity index (χ4v) is 15.3. The lowest BCUT2D eigenvalue weighted by molar-refractivity contribution is -0.235. The van der Waals surface area contributed by atoms with E-state index in [1.54, 1.807) is 13.8 Å². The van der Waals surface area contributed by atoms with E-state index in [2.05, 4.69) is 64.0 Å². The van der Waals surface area contributed by atoms with Crippen molar-refractivity contribution in [3.63, 3.8) is 0 Å². The minimum atomic E-state index is -1.24. The number of allylic oxidation sites excluding steroid dienone is 1. The molecule has 1 aliphatic heterocycles. The highest BCUT2D eigenvalue weighted by molar-refractivity contribution is 6.03. The van der Waals surface area contributed by atoms with E-state index < -0.39 is 34.3 Å². The highest BCUT2D eigenvalue weighted by Gasteiger charge is 2.71. The number of carboxylic acid groups (broad SMARTS) is 1. The summed E-state index contributed by atoms with van der Waals surface area (Å²) in [4.78, 5) is 70.3. The number of esters is 1. The Morgan fingerprint density at radius 2 is 1.49 bits per heavy atom. The van der Waals surface area contributed by atoms with Crippen LogP contribution in [0.25, 0.3) is 0 Å². The SMILES string of the molecule is CC(C)C1=C2[C@H]3CC[C@@H]4[C@@]5(C)CC[C@H](OC(=O)C6C[C@@H](C(=O)O)C6(C)C)C(C)(C)[C@@H]5CC[C@@]4(C)[C@]3(C)CC[C@@]2(NC(=O)C(C)(C)NC(=O)c2ccc(N3CCOCC3)cc2)CC1=O. The first kappa shape index (κ1) is 45.8. The predicted molar refractivity (Wildman–Crippen MR) is 242 cm³/mol. The zero-order valence-electron chi connectivity index (χ0n) is 40.0. The summed E-state index contributed by atoms with van der Waals surface area (Å²) >= 11 is 0. The van der Waals surface area contributed by atoms with Gasteiger partial charge in [0.15, 0.2) is 5.78 Å². The molecule has 2 amide bonds. The van der Waals surface area contributed by atoms with Crippen LogP contribution in [0.2, 0.25) is 0 Å². The molecule has 346 valence electrons. The molecule has 11 nitrogen and oxygen atoms in total. The molecular weight excluding hydrogens is 795 g/mol. The third-order valence-electron chi connectivity index (χ3n) is 19.3. The van der Waals surface area contributed by atoms with Gasteiger partial charge in [-0.3, -0.25) is 24.0 Å². The highest BCUT2D eigenvalue weighted by Crippen LogP contribution is 2.76. The molecule has 0 spiro atoms. The molecule has 0 aromatic heterocycles. The fraction of sp³-hybridized carbons (Fsp3) is 0.750. The fourth-order valence-electron chi connectivity index (χ4n) is 15.3. The van der Waals surface area contributed by atoms with E-state index in [9.17, 15) is 29.1 Å². The van der Waals surface area contributed by atoms with Crippen LogP contribution in [0.15, 0.2) is 35.4 Å². The smallest absolute Gasteiger partial charge is 0.309 e. The van der Waals surface area contributed by atoms with E-state index in [4.69, 9.17) is 9.47 Å². The number of hydrogen-bond donors (Lipinski definition) is 3. The highest BCUT2D eigenvalue weighted by atomic mass is 16.5. The Balaban J connectivity index is 1.01. The van der Waals surface area contributed by atoms with E-state index >= 15 is 0 Å². The van der Waals surface area contributed by atoms with Gasteiger partial charge in [-0.1, -0.05) is 62.3 Å². The molecule has 0 radical (unpaired) electrons. The Morgan fingerprint density at radius 3 is 2.11 bits per heavy atom. The number of carbonyl (C=O) groups excluding carboxylic acids is 4. The first-order valence-electron chi connectivity index (χ1n) is 24.1. The second kappa shape index (κ2) is 15.4. The molecule has 6 fully saturated rings. The number of hydrogen-bond acceptors (Lipinski definition) is 8. The average Bonchev–Trinajstić information content (AvgIpc) is 3.50. The van der Waals surface area contributed by atoms with Crippen molar-refractivity contribution < 1.29 is 38.6 Å². The van der Waals surface area contributed by atoms with Crippen LogP contribution in [0.1, 0.15) is 151 Å². The summed E-state index contributed by atoms with van der Waals surface area (Å²) in [6.45, 7) is 26.6. The number of morpholine rings is 1. The van der Waals surface area contributed by atoms with Crippen molar-refractivity contribution in [1.29, 1.82) is 0 Å². The van der Waals surface area contributed by atoms with E-state index in [0.717, 1.165) is 74.9 Å². The van der Waals surface area contributed by atoms with Gasteiger partial charge in [-0.05, 0) is 152 Å². The Morgan fingerprint density at radius 1 is 0.825 bits per heavy atom. The molecule has 3 N–H and O–H groups in total. The summed E-state index contributed by atoms with van der Waals surface area (Å²) < 4.78 is 11.9. The molecule has 0 bridgehead atoms. The van der Waals surface area contributed by atoms with Crippen LogP contribution >= 0.6 is 0 Å². The molecule has 1 aromatic carbocycles. The molecular formula is C52H75N3O8. The number of anilines is 1. The number of ether oxygens (including phenoxy) is 2. The van der Waals surface area contributed by atoms with Gasteiger partial charge in [0.05, 0.1) is 30.6 Å². The van der Waals surface area contributed by atoms with Crippen molar-refractivity contribution >= 4 is 35.2 Å². The third kappa shape index (κ3) is 7.01. The molecule has 1 aromatic rings. The van der Waals surface area contributed by atoms with Gasteiger partial charge in [-0.25, -0.2) is 0 Å². The number of carbonyl (C=O) groups is 5. The van der Waals surface area contributed by atoms with Crippen LogP contribution in [-0.2, 0) is 28.7 Å². The lowest BCUT2D eigenvalue weighted by Crippen LogP contribution is -2.68. The molecule has 63 heavy (non-hydrogen) atoms. The number of ketones is 1. The summed E-state index contributed by atoms with van der Waals surface area (Å²) in [6, 6.07) is 7.51. The number of Topliss-reactive ketones (excluding diaryl/α,β-unsaturated/α-hetero) is 1. The normalized spacial score (nSPS) is 38.0.